The number of carbonyl (C=O) groups excluding carboxylic acids is 1. The predicted molar refractivity (Wildman–Crippen MR) is 92.3 cm³/mol. The van der Waals surface area contributed by atoms with Crippen molar-refractivity contribution in [2.24, 2.45) is 0 Å². The summed E-state index contributed by atoms with van der Waals surface area (Å²) >= 11 is 0. The first kappa shape index (κ1) is 18.5. The van der Waals surface area contributed by atoms with Crippen molar-refractivity contribution in [3.05, 3.63) is 53.9 Å². The number of carbonyl (C=O) groups is 2. The van der Waals surface area contributed by atoms with E-state index >= 15 is 0 Å². The molecule has 7 nitrogen and oxygen atoms in total. The van der Waals surface area contributed by atoms with E-state index < -0.39 is 23.7 Å². The Kier molecular flexibility index (Phi) is 5.80. The lowest BCUT2D eigenvalue weighted by Crippen LogP contribution is -2.44. The molecule has 1 amide bonds. The number of carboxylic acids is 1. The van der Waals surface area contributed by atoms with Crippen LogP contribution in [0.2, 0.25) is 0 Å². The number of hydrogen-bond donors (Lipinski definition) is 2. The number of alkyl carbamates (subject to hydrolysis) is 1. The summed E-state index contributed by atoms with van der Waals surface area (Å²) in [4.78, 5) is 23.2. The molecule has 0 saturated carbocycles. The maximum Gasteiger partial charge on any atom is 0.408 e. The van der Waals surface area contributed by atoms with Crippen molar-refractivity contribution in [2.75, 3.05) is 0 Å². The van der Waals surface area contributed by atoms with Crippen LogP contribution in [0.1, 0.15) is 31.9 Å². The second kappa shape index (κ2) is 7.83. The summed E-state index contributed by atoms with van der Waals surface area (Å²) in [6.45, 7) is 5.75. The molecule has 0 aliphatic rings. The lowest BCUT2D eigenvalue weighted by atomic mass is 10.1. The van der Waals surface area contributed by atoms with Crippen LogP contribution in [0.5, 0.6) is 0 Å². The van der Waals surface area contributed by atoms with Crippen LogP contribution in [-0.4, -0.2) is 38.6 Å². The average Bonchev–Trinajstić information content (AvgIpc) is 2.92. The van der Waals surface area contributed by atoms with E-state index in [1.165, 1.54) is 0 Å². The molecule has 2 aromatic rings. The van der Waals surface area contributed by atoms with Gasteiger partial charge in [0.25, 0.3) is 0 Å². The summed E-state index contributed by atoms with van der Waals surface area (Å²) in [5, 5.41) is 16.0. The van der Waals surface area contributed by atoms with Gasteiger partial charge in [-0.2, -0.15) is 5.10 Å². The van der Waals surface area contributed by atoms with Crippen LogP contribution >= 0.6 is 0 Å². The largest absolute Gasteiger partial charge is 0.480 e. The Bertz CT molecular complexity index is 719. The van der Waals surface area contributed by atoms with Crippen molar-refractivity contribution in [3.63, 3.8) is 0 Å². The minimum Gasteiger partial charge on any atom is -0.480 e. The van der Waals surface area contributed by atoms with Gasteiger partial charge in [0, 0.05) is 12.6 Å². The van der Waals surface area contributed by atoms with Gasteiger partial charge in [0.2, 0.25) is 0 Å². The van der Waals surface area contributed by atoms with Gasteiger partial charge in [0.05, 0.1) is 12.7 Å². The van der Waals surface area contributed by atoms with E-state index in [9.17, 15) is 14.7 Å². The molecule has 0 aliphatic carbocycles. The smallest absolute Gasteiger partial charge is 0.408 e. The fourth-order valence-corrected chi connectivity index (χ4v) is 2.25. The van der Waals surface area contributed by atoms with Crippen molar-refractivity contribution < 1.29 is 19.4 Å². The van der Waals surface area contributed by atoms with Crippen LogP contribution in [0, 0.1) is 0 Å². The highest BCUT2D eigenvalue weighted by Gasteiger charge is 2.24. The standard InChI is InChI=1S/C18H23N3O4/c1-18(2,3)25-17(24)20-15(16(22)23)9-14-10-19-21(12-14)11-13-7-5-4-6-8-13/h4-8,10,12,15H,9,11H2,1-3H3,(H,20,24)(H,22,23). The molecule has 0 aliphatic heterocycles. The zero-order valence-corrected chi connectivity index (χ0v) is 14.6. The Morgan fingerprint density at radius 1 is 1.24 bits per heavy atom. The number of rotatable bonds is 6. The van der Waals surface area contributed by atoms with E-state index in [1.807, 2.05) is 30.3 Å². The quantitative estimate of drug-likeness (QED) is 0.839. The minimum absolute atomic E-state index is 0.128. The second-order valence-corrected chi connectivity index (χ2v) is 6.77. The minimum atomic E-state index is -1.12. The van der Waals surface area contributed by atoms with Gasteiger partial charge in [-0.25, -0.2) is 9.59 Å². The summed E-state index contributed by atoms with van der Waals surface area (Å²) in [6, 6.07) is 8.74. The number of benzene rings is 1. The Hall–Kier alpha value is -2.83. The molecular weight excluding hydrogens is 322 g/mol. The van der Waals surface area contributed by atoms with Gasteiger partial charge < -0.3 is 15.2 Å². The molecule has 1 atom stereocenters. The molecule has 2 rings (SSSR count). The number of carboxylic acid groups (broad SMARTS) is 1. The van der Waals surface area contributed by atoms with Crippen molar-refractivity contribution in [2.45, 2.75) is 45.4 Å². The first-order valence-corrected chi connectivity index (χ1v) is 8.00. The predicted octanol–water partition coefficient (Wildman–Crippen LogP) is 2.45. The van der Waals surface area contributed by atoms with Crippen molar-refractivity contribution >= 4 is 12.1 Å². The van der Waals surface area contributed by atoms with E-state index in [1.54, 1.807) is 37.8 Å². The Morgan fingerprint density at radius 2 is 1.92 bits per heavy atom. The van der Waals surface area contributed by atoms with Crippen LogP contribution < -0.4 is 5.32 Å². The molecule has 1 aromatic carbocycles. The zero-order valence-electron chi connectivity index (χ0n) is 14.6. The highest BCUT2D eigenvalue weighted by molar-refractivity contribution is 5.80. The number of nitrogens with one attached hydrogen (secondary N) is 1. The highest BCUT2D eigenvalue weighted by Crippen LogP contribution is 2.09. The zero-order chi connectivity index (χ0) is 18.4. The van der Waals surface area contributed by atoms with Gasteiger partial charge >= 0.3 is 12.1 Å². The monoisotopic (exact) mass is 345 g/mol. The number of hydrogen-bond acceptors (Lipinski definition) is 4. The van der Waals surface area contributed by atoms with E-state index in [4.69, 9.17) is 4.74 Å². The van der Waals surface area contributed by atoms with Crippen molar-refractivity contribution in [1.82, 2.24) is 15.1 Å². The molecule has 0 radical (unpaired) electrons. The summed E-state index contributed by atoms with van der Waals surface area (Å²) < 4.78 is 6.84. The normalized spacial score (nSPS) is 12.4. The van der Waals surface area contributed by atoms with Gasteiger partial charge in [-0.1, -0.05) is 30.3 Å². The molecule has 0 bridgehead atoms. The average molecular weight is 345 g/mol. The van der Waals surface area contributed by atoms with Crippen molar-refractivity contribution in [1.29, 1.82) is 0 Å². The molecule has 0 spiro atoms. The van der Waals surface area contributed by atoms with E-state index in [-0.39, 0.29) is 6.42 Å². The third kappa shape index (κ3) is 6.29. The molecular formula is C18H23N3O4. The van der Waals surface area contributed by atoms with Crippen LogP contribution in [0.25, 0.3) is 0 Å². The number of aliphatic carboxylic acids is 1. The lowest BCUT2D eigenvalue weighted by Gasteiger charge is -2.21. The summed E-state index contributed by atoms with van der Waals surface area (Å²) in [6.07, 6.45) is 2.76. The lowest BCUT2D eigenvalue weighted by molar-refractivity contribution is -0.139. The van der Waals surface area contributed by atoms with Crippen LogP contribution in [0.3, 0.4) is 0 Å². The van der Waals surface area contributed by atoms with Gasteiger partial charge in [-0.05, 0) is 31.9 Å². The fourth-order valence-electron chi connectivity index (χ4n) is 2.25. The molecule has 7 heteroatoms. The SMILES string of the molecule is CC(C)(C)OC(=O)NC(Cc1cnn(Cc2ccccc2)c1)C(=O)O. The molecule has 1 unspecified atom stereocenters. The Balaban J connectivity index is 1.98. The maximum absolute atomic E-state index is 11.8. The molecule has 25 heavy (non-hydrogen) atoms. The van der Waals surface area contributed by atoms with Crippen LogP contribution in [0.15, 0.2) is 42.7 Å². The topological polar surface area (TPSA) is 93.5 Å². The van der Waals surface area contributed by atoms with Crippen molar-refractivity contribution in [3.8, 4) is 0 Å². The van der Waals surface area contributed by atoms with Gasteiger partial charge in [0.15, 0.2) is 0 Å². The summed E-state index contributed by atoms with van der Waals surface area (Å²) in [7, 11) is 0. The van der Waals surface area contributed by atoms with Crippen LogP contribution in [0.4, 0.5) is 4.79 Å². The first-order chi connectivity index (χ1) is 11.7. The molecule has 0 fully saturated rings. The molecule has 2 N–H and O–H groups in total. The third-order valence-electron chi connectivity index (χ3n) is 3.30. The summed E-state index contributed by atoms with van der Waals surface area (Å²) in [5.74, 6) is -1.12. The van der Waals surface area contributed by atoms with Gasteiger partial charge in [-0.15, -0.1) is 0 Å². The maximum atomic E-state index is 11.8. The number of ether oxygens (including phenoxy) is 1. The van der Waals surface area contributed by atoms with Gasteiger partial charge in [0.1, 0.15) is 11.6 Å². The highest BCUT2D eigenvalue weighted by atomic mass is 16.6. The molecule has 1 heterocycles. The second-order valence-electron chi connectivity index (χ2n) is 6.77. The third-order valence-corrected chi connectivity index (χ3v) is 3.30. The summed E-state index contributed by atoms with van der Waals surface area (Å²) in [5.41, 5.74) is 1.13. The Morgan fingerprint density at radius 3 is 2.52 bits per heavy atom. The Labute approximate surface area is 146 Å². The van der Waals surface area contributed by atoms with E-state index in [0.29, 0.717) is 6.54 Å². The number of nitrogens with zero attached hydrogens (tertiary/aromatic N) is 2. The van der Waals surface area contributed by atoms with E-state index in [0.717, 1.165) is 11.1 Å². The number of amides is 1. The first-order valence-electron chi connectivity index (χ1n) is 8.00. The van der Waals surface area contributed by atoms with Gasteiger partial charge in [-0.3, -0.25) is 4.68 Å². The molecule has 134 valence electrons. The molecule has 1 aromatic heterocycles. The number of aromatic nitrogens is 2. The van der Waals surface area contributed by atoms with E-state index in [2.05, 4.69) is 10.4 Å². The van der Waals surface area contributed by atoms with Crippen LogP contribution in [-0.2, 0) is 22.5 Å². The molecule has 0 saturated heterocycles. The fraction of sp³-hybridized carbons (Fsp3) is 0.389.